The highest BCUT2D eigenvalue weighted by molar-refractivity contribution is 14.1. The predicted octanol–water partition coefficient (Wildman–Crippen LogP) is 7.60. The van der Waals surface area contributed by atoms with Gasteiger partial charge in [0, 0.05) is 82.6 Å². The van der Waals surface area contributed by atoms with Crippen LogP contribution in [-0.2, 0) is 67.5 Å². The molecule has 40 heteroatoms. The van der Waals surface area contributed by atoms with Gasteiger partial charge in [0.15, 0.2) is 5.78 Å². The van der Waals surface area contributed by atoms with Gasteiger partial charge in [-0.25, -0.2) is 46.6 Å². The first kappa shape index (κ1) is 89.6. The molecule has 4 saturated heterocycles. The van der Waals surface area contributed by atoms with Crippen LogP contribution in [0.15, 0.2) is 123 Å². The lowest BCUT2D eigenvalue weighted by Gasteiger charge is -2.15. The maximum absolute atomic E-state index is 12.6. The van der Waals surface area contributed by atoms with Gasteiger partial charge in [-0.3, -0.25) is 33.5 Å². The van der Waals surface area contributed by atoms with Gasteiger partial charge >= 0.3 is 5.97 Å². The lowest BCUT2D eigenvalue weighted by Crippen LogP contribution is -2.26. The Kier molecular flexibility index (Phi) is 36.7. The number of benzene rings is 2. The zero-order chi connectivity index (χ0) is 79.1. The first-order valence-electron chi connectivity index (χ1n) is 31.2. The van der Waals surface area contributed by atoms with Gasteiger partial charge in [-0.15, -0.1) is 6.42 Å². The summed E-state index contributed by atoms with van der Waals surface area (Å²) in [6.45, 7) is 7.57. The Morgan fingerprint density at radius 2 is 0.766 bits per heavy atom. The third-order valence-electron chi connectivity index (χ3n) is 13.8. The first-order valence-corrected chi connectivity index (χ1v) is 43.0. The van der Waals surface area contributed by atoms with E-state index in [1.165, 1.54) is 63.9 Å². The van der Waals surface area contributed by atoms with E-state index in [1.54, 1.807) is 60.7 Å². The molecule has 4 aliphatic heterocycles. The number of pyridine rings is 5. The molecule has 4 aliphatic rings. The van der Waals surface area contributed by atoms with Gasteiger partial charge in [0.2, 0.25) is 11.8 Å². The summed E-state index contributed by atoms with van der Waals surface area (Å²) >= 11 is 7.95. The maximum atomic E-state index is 12.6. The van der Waals surface area contributed by atoms with Crippen LogP contribution in [0.3, 0.4) is 0 Å². The van der Waals surface area contributed by atoms with Gasteiger partial charge in [0.1, 0.15) is 29.1 Å². The van der Waals surface area contributed by atoms with Gasteiger partial charge in [-0.2, -0.15) is 13.1 Å². The Bertz CT molecular complexity index is 4880. The van der Waals surface area contributed by atoms with Crippen LogP contribution in [0.2, 0.25) is 0 Å². The highest BCUT2D eigenvalue weighted by Gasteiger charge is 2.22. The molecule has 0 radical (unpaired) electrons. The number of aromatic carboxylic acids is 1. The molecule has 0 spiro atoms. The zero-order valence-electron chi connectivity index (χ0n) is 57.5. The molecule has 14 N–H and O–H groups in total. The number of hydrogen-bond donors (Lipinski definition) is 9. The van der Waals surface area contributed by atoms with Crippen LogP contribution in [0, 0.1) is 43.2 Å². The Morgan fingerprint density at radius 1 is 0.458 bits per heavy atom. The van der Waals surface area contributed by atoms with Crippen molar-refractivity contribution in [2.75, 3.05) is 138 Å². The molecule has 7 aromatic rings. The van der Waals surface area contributed by atoms with Crippen molar-refractivity contribution in [3.63, 3.8) is 0 Å². The molecule has 0 unspecified atom stereocenters. The standard InChI is InChI=1S/C20H20N4O4S.2C10H12IN3O3S.C10H9NO.C7H7IN2O.C6H5IN2O2.C4H9NO2S/c1-14(25)23-18-4-2-3-15(11-18)5-6-16-12-17(13-22-19(16)21)20(26)24-29(27)9-7-28-8-10-29;2*11-8-5-7(6-13-9(8)12)10(15)14-18(16)3-1-17-2-4-18;1-3-9-5-4-6-10(7-9)11-8(2)12;1-4(11)5-2-6(8)7(9)10-3-5;7-4-1-3(6(10)11)2-9-5(4)8;5-8(6)3-1-7-2-4-8/h2-4,11-13H,7-10H2,1H3,(H2,21,22)(H,23,25);2*5-6H,1-4H2,(H2,12,13);1,4-7H,2H3,(H,11,12);2-3H,1H3,(H2,9,10);1-2H,(H2,8,9)(H,10,11);5H,1-4H2. The summed E-state index contributed by atoms with van der Waals surface area (Å²) in [5, 5.41) is 13.8. The zero-order valence-corrected chi connectivity index (χ0v) is 69.4. The van der Waals surface area contributed by atoms with Gasteiger partial charge in [-0.1, -0.05) is 29.9 Å². The highest BCUT2D eigenvalue weighted by Crippen LogP contribution is 2.20. The molecule has 0 aliphatic carbocycles. The fourth-order valence-corrected chi connectivity index (χ4v) is 15.7. The Balaban J connectivity index is 0.000000233. The number of ketones is 1. The summed E-state index contributed by atoms with van der Waals surface area (Å²) in [5.41, 5.74) is 32.5. The van der Waals surface area contributed by atoms with Gasteiger partial charge in [-0.05, 0) is 164 Å². The van der Waals surface area contributed by atoms with Crippen LogP contribution < -0.4 is 39.3 Å². The average Bonchev–Trinajstić information content (AvgIpc) is 0.826. The van der Waals surface area contributed by atoms with Crippen molar-refractivity contribution in [3.05, 3.63) is 169 Å². The highest BCUT2D eigenvalue weighted by atomic mass is 127. The molecular weight excluding hydrogens is 1920 g/mol. The lowest BCUT2D eigenvalue weighted by molar-refractivity contribution is -0.115. The number of carboxylic acids is 1. The topological polar surface area (TPSA) is 524 Å². The number of terminal acetylenes is 1. The van der Waals surface area contributed by atoms with E-state index < -0.39 is 62.6 Å². The van der Waals surface area contributed by atoms with E-state index in [0.717, 1.165) is 14.8 Å². The van der Waals surface area contributed by atoms with E-state index in [-0.39, 0.29) is 46.0 Å². The van der Waals surface area contributed by atoms with Crippen molar-refractivity contribution in [1.29, 1.82) is 4.78 Å². The number of nitrogens with two attached hydrogens (primary N) is 5. The Hall–Kier alpha value is -8.04. The van der Waals surface area contributed by atoms with E-state index in [9.17, 15) is 50.4 Å². The molecule has 11 rings (SSSR count). The van der Waals surface area contributed by atoms with Crippen molar-refractivity contribution in [3.8, 4) is 24.2 Å². The number of nitrogens with zero attached hydrogens (tertiary/aromatic N) is 8. The predicted molar refractivity (Wildman–Crippen MR) is 444 cm³/mol. The Labute approximate surface area is 673 Å². The van der Waals surface area contributed by atoms with Crippen LogP contribution in [-0.4, -0.2) is 187 Å². The van der Waals surface area contributed by atoms with Crippen molar-refractivity contribution in [2.24, 2.45) is 13.1 Å². The van der Waals surface area contributed by atoms with Crippen molar-refractivity contribution in [1.82, 2.24) is 24.9 Å². The summed E-state index contributed by atoms with van der Waals surface area (Å²) in [7, 11) is -9.76. The number of halogens is 4. The first-order chi connectivity index (χ1) is 50.5. The number of anilines is 7. The molecule has 2 aromatic carbocycles. The maximum Gasteiger partial charge on any atom is 0.337 e. The van der Waals surface area contributed by atoms with Crippen molar-refractivity contribution in [2.45, 2.75) is 20.8 Å². The van der Waals surface area contributed by atoms with E-state index in [2.05, 4.69) is 66.4 Å². The molecule has 570 valence electrons. The number of Topliss-reactive ketones (excluding diaryl/α,β-unsaturated/α-hetero) is 1. The largest absolute Gasteiger partial charge is 0.478 e. The number of carboxylic acid groups (broad SMARTS) is 1. The number of carbonyl (C=O) groups is 7. The SMILES string of the molecule is C#Cc1cccc(NC(C)=O)c1.CC(=O)Nc1cccc(C#Cc2cc(C(=O)N=S3(=O)CCOCC3)cnc2N)c1.CC(=O)c1cnc(N)c(I)c1.N=S1(=O)CCOCC1.Nc1ncc(C(=O)N=S2(=O)CCOCC2)cc1I.Nc1ncc(C(=O)N=S2(=O)CCOCC2)cc1I.Nc1ncc(C(=O)O)cc1I. The molecule has 32 nitrogen and oxygen atoms in total. The van der Waals surface area contributed by atoms with Crippen molar-refractivity contribution >= 4 is 211 Å². The smallest absolute Gasteiger partial charge is 0.337 e. The number of ether oxygens (including phenoxy) is 4. The van der Waals surface area contributed by atoms with Crippen LogP contribution in [0.25, 0.3) is 0 Å². The average molecular weight is 2000 g/mol. The summed E-state index contributed by atoms with van der Waals surface area (Å²) in [6.07, 6.45) is 11.9. The molecular formula is C67H74I4N16O16S4. The van der Waals surface area contributed by atoms with Crippen molar-refractivity contribution < 1.29 is 74.5 Å². The minimum absolute atomic E-state index is 0.00964. The van der Waals surface area contributed by atoms with E-state index >= 15 is 0 Å². The number of nitrogen functional groups attached to an aromatic ring is 5. The van der Waals surface area contributed by atoms with Gasteiger partial charge < -0.3 is 63.4 Å². The van der Waals surface area contributed by atoms with Crippen LogP contribution in [0.4, 0.5) is 40.5 Å². The summed E-state index contributed by atoms with van der Waals surface area (Å²) < 4.78 is 89.6. The van der Waals surface area contributed by atoms with Gasteiger partial charge in [0.05, 0.1) is 170 Å². The minimum Gasteiger partial charge on any atom is -0.478 e. The summed E-state index contributed by atoms with van der Waals surface area (Å²) in [6, 6.07) is 22.1. The van der Waals surface area contributed by atoms with E-state index in [1.807, 2.05) is 96.4 Å². The van der Waals surface area contributed by atoms with Crippen LogP contribution in [0.5, 0.6) is 0 Å². The molecule has 5 aromatic heterocycles. The molecule has 0 saturated carbocycles. The van der Waals surface area contributed by atoms with Gasteiger partial charge in [0.25, 0.3) is 17.7 Å². The summed E-state index contributed by atoms with van der Waals surface area (Å²) in [4.78, 5) is 98.6. The molecule has 5 amide bonds. The number of rotatable bonds is 7. The third-order valence-corrected chi connectivity index (χ3v) is 25.2. The van der Waals surface area contributed by atoms with Crippen LogP contribution in [0.1, 0.15) is 89.3 Å². The fraction of sp³-hybridized carbons (Fsp3) is 0.284. The second kappa shape index (κ2) is 43.8. The molecule has 0 bridgehead atoms. The quantitative estimate of drug-likeness (QED) is 0.0421. The Morgan fingerprint density at radius 3 is 1.09 bits per heavy atom. The fourth-order valence-electron chi connectivity index (χ4n) is 8.16. The normalized spacial score (nSPS) is 15.2. The number of hydrogen-bond acceptors (Lipinski definition) is 26. The number of nitrogens with one attached hydrogen (secondary N) is 3. The van der Waals surface area contributed by atoms with E-state index in [0.29, 0.717) is 155 Å². The minimum atomic E-state index is -2.61. The summed E-state index contributed by atoms with van der Waals surface area (Å²) in [5.74, 6) is 9.68. The number of amides is 5. The lowest BCUT2D eigenvalue weighted by atomic mass is 10.1. The second-order valence-electron chi connectivity index (χ2n) is 22.2. The van der Waals surface area contributed by atoms with Crippen LogP contribution >= 0.6 is 90.4 Å². The second-order valence-corrected chi connectivity index (χ2v) is 36.9. The monoisotopic (exact) mass is 1990 g/mol. The molecule has 9 heterocycles. The molecule has 4 fully saturated rings. The number of aromatic nitrogens is 5. The number of carbonyl (C=O) groups excluding carboxylic acids is 6. The molecule has 107 heavy (non-hydrogen) atoms. The third kappa shape index (κ3) is 32.4. The molecule has 0 atom stereocenters. The van der Waals surface area contributed by atoms with E-state index in [4.69, 9.17) is 63.9 Å².